The average molecular weight is 225 g/mol. The summed E-state index contributed by atoms with van der Waals surface area (Å²) in [6.45, 7) is 12.2. The van der Waals surface area contributed by atoms with Gasteiger partial charge in [0.1, 0.15) is 0 Å². The van der Waals surface area contributed by atoms with Crippen molar-refractivity contribution in [1.82, 2.24) is 9.80 Å². The molecule has 1 fully saturated rings. The molecule has 0 N–H and O–H groups in total. The zero-order chi connectivity index (χ0) is 11.6. The molecular weight excluding hydrogens is 196 g/mol. The minimum atomic E-state index is 1.22. The van der Waals surface area contributed by atoms with E-state index >= 15 is 0 Å². The van der Waals surface area contributed by atoms with Crippen LogP contribution in [-0.4, -0.2) is 49.1 Å². The predicted molar refractivity (Wildman–Crippen MR) is 71.6 cm³/mol. The third-order valence-electron chi connectivity index (χ3n) is 3.42. The highest BCUT2D eigenvalue weighted by Gasteiger charge is 2.12. The Hall–Kier alpha value is -0.0800. The van der Waals surface area contributed by atoms with E-state index in [0.717, 1.165) is 0 Å². The minimum absolute atomic E-state index is 1.22. The van der Waals surface area contributed by atoms with Crippen LogP contribution in [0.25, 0.3) is 0 Å². The van der Waals surface area contributed by atoms with Crippen LogP contribution in [-0.2, 0) is 0 Å². The Balaban J connectivity index is 2.13. The lowest BCUT2D eigenvalue weighted by atomic mass is 10.2. The molecule has 0 aromatic carbocycles. The van der Waals surface area contributed by atoms with Crippen molar-refractivity contribution in [3.8, 4) is 0 Å². The quantitative estimate of drug-likeness (QED) is 0.595. The molecular formula is C14H29N2. The van der Waals surface area contributed by atoms with Crippen molar-refractivity contribution in [3.63, 3.8) is 0 Å². The van der Waals surface area contributed by atoms with E-state index in [1.165, 1.54) is 71.4 Å². The van der Waals surface area contributed by atoms with Gasteiger partial charge in [-0.25, -0.2) is 0 Å². The Bertz CT molecular complexity index is 145. The number of hydrogen-bond donors (Lipinski definition) is 0. The van der Waals surface area contributed by atoms with Crippen LogP contribution < -0.4 is 0 Å². The molecule has 2 nitrogen and oxygen atoms in total. The van der Waals surface area contributed by atoms with E-state index in [9.17, 15) is 0 Å². The fourth-order valence-corrected chi connectivity index (χ4v) is 2.22. The van der Waals surface area contributed by atoms with E-state index < -0.39 is 0 Å². The SMILES string of the molecule is CCCCN(CCCC)CCN1C[CH]CC1. The first-order valence-electron chi connectivity index (χ1n) is 7.13. The third kappa shape index (κ3) is 5.86. The molecule has 1 heterocycles. The van der Waals surface area contributed by atoms with Gasteiger partial charge < -0.3 is 9.80 Å². The molecule has 2 heteroatoms. The molecule has 0 amide bonds. The molecule has 0 saturated carbocycles. The van der Waals surface area contributed by atoms with Crippen molar-refractivity contribution >= 4 is 0 Å². The molecule has 1 radical (unpaired) electrons. The molecule has 0 aliphatic carbocycles. The fraction of sp³-hybridized carbons (Fsp3) is 0.929. The monoisotopic (exact) mass is 225 g/mol. The van der Waals surface area contributed by atoms with Gasteiger partial charge in [0.25, 0.3) is 0 Å². The van der Waals surface area contributed by atoms with Crippen LogP contribution in [0.15, 0.2) is 0 Å². The van der Waals surface area contributed by atoms with E-state index in [-0.39, 0.29) is 0 Å². The molecule has 0 spiro atoms. The smallest absolute Gasteiger partial charge is 0.0109 e. The van der Waals surface area contributed by atoms with Gasteiger partial charge in [-0.1, -0.05) is 26.7 Å². The number of likely N-dealkylation sites (tertiary alicyclic amines) is 1. The maximum atomic E-state index is 2.66. The van der Waals surface area contributed by atoms with Gasteiger partial charge in [0.15, 0.2) is 0 Å². The summed E-state index contributed by atoms with van der Waals surface area (Å²) in [5.41, 5.74) is 0. The highest BCUT2D eigenvalue weighted by molar-refractivity contribution is 4.81. The molecule has 95 valence electrons. The van der Waals surface area contributed by atoms with Gasteiger partial charge in [-0.2, -0.15) is 0 Å². The summed E-state index contributed by atoms with van der Waals surface area (Å²) in [5, 5.41) is 0. The molecule has 1 rings (SSSR count). The zero-order valence-corrected chi connectivity index (χ0v) is 11.2. The Morgan fingerprint density at radius 1 is 1.06 bits per heavy atom. The lowest BCUT2D eigenvalue weighted by Gasteiger charge is -2.24. The first-order chi connectivity index (χ1) is 7.86. The lowest BCUT2D eigenvalue weighted by molar-refractivity contribution is 0.221. The molecule has 0 unspecified atom stereocenters. The second kappa shape index (κ2) is 9.00. The van der Waals surface area contributed by atoms with Crippen LogP contribution in [0.1, 0.15) is 46.0 Å². The van der Waals surface area contributed by atoms with Crippen LogP contribution in [0.2, 0.25) is 0 Å². The van der Waals surface area contributed by atoms with E-state index in [2.05, 4.69) is 30.1 Å². The van der Waals surface area contributed by atoms with Gasteiger partial charge in [0.05, 0.1) is 0 Å². The summed E-state index contributed by atoms with van der Waals surface area (Å²) in [4.78, 5) is 5.23. The second-order valence-electron chi connectivity index (χ2n) is 4.93. The van der Waals surface area contributed by atoms with Gasteiger partial charge in [-0.15, -0.1) is 0 Å². The minimum Gasteiger partial charge on any atom is -0.302 e. The van der Waals surface area contributed by atoms with Crippen LogP contribution in [0.3, 0.4) is 0 Å². The molecule has 0 atom stereocenters. The highest BCUT2D eigenvalue weighted by atomic mass is 15.2. The summed E-state index contributed by atoms with van der Waals surface area (Å²) in [5.74, 6) is 0. The summed E-state index contributed by atoms with van der Waals surface area (Å²) in [6.07, 6.45) is 9.05. The van der Waals surface area contributed by atoms with Crippen molar-refractivity contribution in [2.24, 2.45) is 0 Å². The van der Waals surface area contributed by atoms with Crippen LogP contribution in [0.5, 0.6) is 0 Å². The van der Waals surface area contributed by atoms with Crippen LogP contribution >= 0.6 is 0 Å². The van der Waals surface area contributed by atoms with E-state index in [1.807, 2.05) is 0 Å². The zero-order valence-electron chi connectivity index (χ0n) is 11.2. The second-order valence-corrected chi connectivity index (χ2v) is 4.93. The standard InChI is InChI=1S/C14H29N2/c1-3-5-9-15(10-6-4-2)13-14-16-11-7-8-12-16/h7H,3-6,8-14H2,1-2H3. The normalized spacial score (nSPS) is 17.4. The Labute approximate surface area is 102 Å². The molecule has 16 heavy (non-hydrogen) atoms. The Morgan fingerprint density at radius 2 is 1.75 bits per heavy atom. The molecule has 1 aliphatic heterocycles. The maximum absolute atomic E-state index is 2.66. The van der Waals surface area contributed by atoms with E-state index in [1.54, 1.807) is 0 Å². The molecule has 0 aromatic heterocycles. The molecule has 1 saturated heterocycles. The van der Waals surface area contributed by atoms with E-state index in [0.29, 0.717) is 0 Å². The average Bonchev–Trinajstić information content (AvgIpc) is 2.81. The topological polar surface area (TPSA) is 6.48 Å². The maximum Gasteiger partial charge on any atom is 0.0109 e. The lowest BCUT2D eigenvalue weighted by Crippen LogP contribution is -2.35. The van der Waals surface area contributed by atoms with Crippen LogP contribution in [0.4, 0.5) is 0 Å². The van der Waals surface area contributed by atoms with Gasteiger partial charge in [-0.05, 0) is 45.3 Å². The van der Waals surface area contributed by atoms with Gasteiger partial charge in [0, 0.05) is 19.6 Å². The number of rotatable bonds is 9. The van der Waals surface area contributed by atoms with Crippen molar-refractivity contribution in [2.45, 2.75) is 46.0 Å². The van der Waals surface area contributed by atoms with Gasteiger partial charge >= 0.3 is 0 Å². The van der Waals surface area contributed by atoms with Crippen molar-refractivity contribution < 1.29 is 0 Å². The summed E-state index contributed by atoms with van der Waals surface area (Å²) >= 11 is 0. The third-order valence-corrected chi connectivity index (χ3v) is 3.42. The van der Waals surface area contributed by atoms with Crippen molar-refractivity contribution in [1.29, 1.82) is 0 Å². The number of unbranched alkanes of at least 4 members (excludes halogenated alkanes) is 2. The van der Waals surface area contributed by atoms with Gasteiger partial charge in [-0.3, -0.25) is 0 Å². The summed E-state index contributed by atoms with van der Waals surface area (Å²) < 4.78 is 0. The van der Waals surface area contributed by atoms with Crippen LogP contribution in [0, 0.1) is 6.42 Å². The van der Waals surface area contributed by atoms with Gasteiger partial charge in [0.2, 0.25) is 0 Å². The highest BCUT2D eigenvalue weighted by Crippen LogP contribution is 2.06. The number of nitrogens with zero attached hydrogens (tertiary/aromatic N) is 2. The molecule has 0 bridgehead atoms. The summed E-state index contributed by atoms with van der Waals surface area (Å²) in [6, 6.07) is 0. The largest absolute Gasteiger partial charge is 0.302 e. The van der Waals surface area contributed by atoms with Crippen molar-refractivity contribution in [3.05, 3.63) is 6.42 Å². The Morgan fingerprint density at radius 3 is 2.25 bits per heavy atom. The first kappa shape index (κ1) is 14.0. The van der Waals surface area contributed by atoms with Crippen molar-refractivity contribution in [2.75, 3.05) is 39.3 Å². The Kier molecular flexibility index (Phi) is 7.87. The predicted octanol–water partition coefficient (Wildman–Crippen LogP) is 2.80. The fourth-order valence-electron chi connectivity index (χ4n) is 2.22. The summed E-state index contributed by atoms with van der Waals surface area (Å²) in [7, 11) is 0. The number of hydrogen-bond acceptors (Lipinski definition) is 2. The first-order valence-corrected chi connectivity index (χ1v) is 7.13. The van der Waals surface area contributed by atoms with E-state index in [4.69, 9.17) is 0 Å². The molecule has 1 aliphatic rings. The molecule has 0 aromatic rings.